The number of rotatable bonds is 5. The summed E-state index contributed by atoms with van der Waals surface area (Å²) in [4.78, 5) is 14.7. The fourth-order valence-corrected chi connectivity index (χ4v) is 4.08. The van der Waals surface area contributed by atoms with E-state index >= 15 is 0 Å². The molecule has 2 aromatic carbocycles. The van der Waals surface area contributed by atoms with Gasteiger partial charge in [0.25, 0.3) is 0 Å². The quantitative estimate of drug-likeness (QED) is 0.682. The molecule has 0 saturated carbocycles. The number of carbonyl (C=O) groups is 1. The monoisotopic (exact) mass is 361 g/mol. The third-order valence-electron chi connectivity index (χ3n) is 5.67. The first-order chi connectivity index (χ1) is 13.2. The summed E-state index contributed by atoms with van der Waals surface area (Å²) in [5.41, 5.74) is 3.74. The molecule has 1 fully saturated rings. The van der Waals surface area contributed by atoms with Gasteiger partial charge < -0.3 is 4.90 Å². The van der Waals surface area contributed by atoms with Gasteiger partial charge in [0.2, 0.25) is 5.91 Å². The van der Waals surface area contributed by atoms with E-state index in [2.05, 4.69) is 60.6 Å². The summed E-state index contributed by atoms with van der Waals surface area (Å²) in [5, 5.41) is 5.60. The zero-order chi connectivity index (χ0) is 18.6. The number of aryl methyl sites for hydroxylation is 2. The van der Waals surface area contributed by atoms with Crippen LogP contribution >= 0.6 is 0 Å². The normalized spacial score (nSPS) is 15.4. The van der Waals surface area contributed by atoms with Crippen LogP contribution in [0.3, 0.4) is 0 Å². The molecule has 1 amide bonds. The van der Waals surface area contributed by atoms with Crippen LogP contribution in [0, 0.1) is 12.8 Å². The first-order valence-electron chi connectivity index (χ1n) is 9.93. The summed E-state index contributed by atoms with van der Waals surface area (Å²) in [5.74, 6) is 0.943. The number of likely N-dealkylation sites (tertiary alicyclic amines) is 1. The number of hydrogen-bond acceptors (Lipinski definition) is 2. The van der Waals surface area contributed by atoms with Gasteiger partial charge in [-0.3, -0.25) is 9.48 Å². The van der Waals surface area contributed by atoms with Crippen molar-refractivity contribution in [2.45, 2.75) is 39.2 Å². The van der Waals surface area contributed by atoms with Gasteiger partial charge in [0.05, 0.1) is 18.3 Å². The third kappa shape index (κ3) is 4.21. The molecule has 1 aliphatic rings. The molecule has 0 bridgehead atoms. The van der Waals surface area contributed by atoms with Crippen molar-refractivity contribution < 1.29 is 4.79 Å². The van der Waals surface area contributed by atoms with Gasteiger partial charge in [-0.25, -0.2) is 0 Å². The second-order valence-corrected chi connectivity index (χ2v) is 7.69. The fraction of sp³-hybridized carbons (Fsp3) is 0.391. The van der Waals surface area contributed by atoms with Crippen molar-refractivity contribution in [2.75, 3.05) is 13.1 Å². The maximum absolute atomic E-state index is 12.6. The van der Waals surface area contributed by atoms with Crippen LogP contribution in [0.1, 0.15) is 30.4 Å². The standard InChI is InChI=1S/C23H27N3O/c1-18-7-8-22-21(15-18)17-24-26(22)14-11-23(27)25-12-9-20(10-13-25)16-19-5-3-2-4-6-19/h2-8,15,17,20H,9-14,16H2,1H3. The third-order valence-corrected chi connectivity index (χ3v) is 5.67. The molecule has 0 spiro atoms. The second-order valence-electron chi connectivity index (χ2n) is 7.69. The van der Waals surface area contributed by atoms with Crippen molar-refractivity contribution in [3.8, 4) is 0 Å². The Balaban J connectivity index is 1.28. The van der Waals surface area contributed by atoms with Gasteiger partial charge >= 0.3 is 0 Å². The largest absolute Gasteiger partial charge is 0.343 e. The summed E-state index contributed by atoms with van der Waals surface area (Å²) >= 11 is 0. The van der Waals surface area contributed by atoms with E-state index in [1.165, 1.54) is 11.1 Å². The van der Waals surface area contributed by atoms with Gasteiger partial charge in [-0.1, -0.05) is 42.0 Å². The Morgan fingerprint density at radius 1 is 1.11 bits per heavy atom. The van der Waals surface area contributed by atoms with Crippen molar-refractivity contribution >= 4 is 16.8 Å². The average Bonchev–Trinajstić information content (AvgIpc) is 3.09. The minimum absolute atomic E-state index is 0.254. The molecule has 3 aromatic rings. The van der Waals surface area contributed by atoms with Gasteiger partial charge in [-0.15, -0.1) is 0 Å². The van der Waals surface area contributed by atoms with Gasteiger partial charge in [0.1, 0.15) is 0 Å². The fourth-order valence-electron chi connectivity index (χ4n) is 4.08. The summed E-state index contributed by atoms with van der Waals surface area (Å²) in [6, 6.07) is 17.0. The summed E-state index contributed by atoms with van der Waals surface area (Å²) in [6.45, 7) is 4.50. The topological polar surface area (TPSA) is 38.1 Å². The molecule has 4 heteroatoms. The summed E-state index contributed by atoms with van der Waals surface area (Å²) < 4.78 is 1.95. The van der Waals surface area contributed by atoms with Crippen LogP contribution in [-0.2, 0) is 17.8 Å². The van der Waals surface area contributed by atoms with Gasteiger partial charge in [-0.2, -0.15) is 5.10 Å². The summed E-state index contributed by atoms with van der Waals surface area (Å²) in [6.07, 6.45) is 5.74. The number of carbonyl (C=O) groups excluding carboxylic acids is 1. The number of hydrogen-bond donors (Lipinski definition) is 0. The number of piperidine rings is 1. The lowest BCUT2D eigenvalue weighted by molar-refractivity contribution is -0.132. The minimum Gasteiger partial charge on any atom is -0.343 e. The van der Waals surface area contributed by atoms with E-state index in [4.69, 9.17) is 0 Å². The number of amides is 1. The van der Waals surface area contributed by atoms with Crippen molar-refractivity contribution in [1.29, 1.82) is 0 Å². The molecule has 0 N–H and O–H groups in total. The smallest absolute Gasteiger partial charge is 0.224 e. The molecule has 140 valence electrons. The van der Waals surface area contributed by atoms with Gasteiger partial charge in [0.15, 0.2) is 0 Å². The lowest BCUT2D eigenvalue weighted by atomic mass is 9.90. The highest BCUT2D eigenvalue weighted by atomic mass is 16.2. The van der Waals surface area contributed by atoms with Crippen molar-refractivity contribution in [3.63, 3.8) is 0 Å². The van der Waals surface area contributed by atoms with Crippen molar-refractivity contribution in [1.82, 2.24) is 14.7 Å². The van der Waals surface area contributed by atoms with Crippen LogP contribution in [0.15, 0.2) is 54.7 Å². The lowest BCUT2D eigenvalue weighted by Crippen LogP contribution is -2.39. The molecule has 2 heterocycles. The molecule has 1 aliphatic heterocycles. The number of aromatic nitrogens is 2. The molecule has 0 unspecified atom stereocenters. The van der Waals surface area contributed by atoms with Crippen LogP contribution in [0.2, 0.25) is 0 Å². The zero-order valence-electron chi connectivity index (χ0n) is 16.0. The molecule has 1 aromatic heterocycles. The van der Waals surface area contributed by atoms with Gasteiger partial charge in [0, 0.05) is 24.9 Å². The minimum atomic E-state index is 0.254. The first-order valence-corrected chi connectivity index (χ1v) is 9.93. The van der Waals surface area contributed by atoms with E-state index in [0.29, 0.717) is 18.9 Å². The highest BCUT2D eigenvalue weighted by Gasteiger charge is 2.22. The molecule has 0 radical (unpaired) electrons. The Morgan fingerprint density at radius 3 is 2.67 bits per heavy atom. The van der Waals surface area contributed by atoms with E-state index in [9.17, 15) is 4.79 Å². The predicted molar refractivity (Wildman–Crippen MR) is 109 cm³/mol. The van der Waals surface area contributed by atoms with E-state index in [1.807, 2.05) is 15.8 Å². The Kier molecular flexibility index (Phi) is 5.23. The molecule has 1 saturated heterocycles. The number of fused-ring (bicyclic) bond motifs is 1. The number of benzene rings is 2. The molecular formula is C23H27N3O. The van der Waals surface area contributed by atoms with Crippen molar-refractivity contribution in [3.05, 3.63) is 65.9 Å². The molecule has 4 nitrogen and oxygen atoms in total. The van der Waals surface area contributed by atoms with Crippen LogP contribution in [-0.4, -0.2) is 33.7 Å². The zero-order valence-corrected chi connectivity index (χ0v) is 16.0. The Morgan fingerprint density at radius 2 is 1.89 bits per heavy atom. The second kappa shape index (κ2) is 7.95. The number of nitrogens with zero attached hydrogens (tertiary/aromatic N) is 3. The highest BCUT2D eigenvalue weighted by Crippen LogP contribution is 2.22. The van der Waals surface area contributed by atoms with Crippen LogP contribution in [0.4, 0.5) is 0 Å². The Labute approximate surface area is 160 Å². The van der Waals surface area contributed by atoms with E-state index in [0.717, 1.165) is 43.3 Å². The Bertz CT molecular complexity index is 908. The van der Waals surface area contributed by atoms with Crippen LogP contribution < -0.4 is 0 Å². The molecule has 0 atom stereocenters. The lowest BCUT2D eigenvalue weighted by Gasteiger charge is -2.32. The van der Waals surface area contributed by atoms with Crippen LogP contribution in [0.5, 0.6) is 0 Å². The van der Waals surface area contributed by atoms with E-state index in [-0.39, 0.29) is 5.91 Å². The van der Waals surface area contributed by atoms with Gasteiger partial charge in [-0.05, 0) is 49.8 Å². The first kappa shape index (κ1) is 17.8. The maximum atomic E-state index is 12.6. The summed E-state index contributed by atoms with van der Waals surface area (Å²) in [7, 11) is 0. The van der Waals surface area contributed by atoms with E-state index in [1.54, 1.807) is 0 Å². The molecule has 27 heavy (non-hydrogen) atoms. The molecule has 0 aliphatic carbocycles. The SMILES string of the molecule is Cc1ccc2c(cnn2CCC(=O)N2CCC(Cc3ccccc3)CC2)c1. The molecule has 4 rings (SSSR count). The van der Waals surface area contributed by atoms with Crippen LogP contribution in [0.25, 0.3) is 10.9 Å². The van der Waals surface area contributed by atoms with Crippen molar-refractivity contribution in [2.24, 2.45) is 5.92 Å². The highest BCUT2D eigenvalue weighted by molar-refractivity contribution is 5.80. The molecular weight excluding hydrogens is 334 g/mol. The Hall–Kier alpha value is -2.62. The maximum Gasteiger partial charge on any atom is 0.224 e. The van der Waals surface area contributed by atoms with E-state index < -0.39 is 0 Å². The predicted octanol–water partition coefficient (Wildman–Crippen LogP) is 4.22. The average molecular weight is 361 g/mol.